The molecule has 0 saturated carbocycles. The highest BCUT2D eigenvalue weighted by atomic mass is 32.2. The molecule has 2 aromatic rings. The van der Waals surface area contributed by atoms with Crippen molar-refractivity contribution in [2.75, 3.05) is 20.3 Å². The summed E-state index contributed by atoms with van der Waals surface area (Å²) >= 11 is 3.07. The van der Waals surface area contributed by atoms with Gasteiger partial charge in [-0.2, -0.15) is 0 Å². The number of hydrogen-bond acceptors (Lipinski definition) is 8. The van der Waals surface area contributed by atoms with Gasteiger partial charge in [0.1, 0.15) is 5.60 Å². The molecule has 0 unspecified atom stereocenters. The fourth-order valence-electron chi connectivity index (χ4n) is 3.13. The van der Waals surface area contributed by atoms with E-state index in [0.717, 1.165) is 27.8 Å². The van der Waals surface area contributed by atoms with Crippen LogP contribution in [0.4, 0.5) is 0 Å². The smallest absolute Gasteiger partial charge is 0.160 e. The number of oxime groups is 1. The molecule has 0 amide bonds. The second-order valence-electron chi connectivity index (χ2n) is 6.36. The molecule has 1 N–H and O–H groups in total. The highest BCUT2D eigenvalue weighted by Crippen LogP contribution is 2.39. The minimum atomic E-state index is -0.378. The normalized spacial score (nSPS) is 17.1. The van der Waals surface area contributed by atoms with E-state index in [0.29, 0.717) is 30.1 Å². The van der Waals surface area contributed by atoms with Crippen LogP contribution in [-0.4, -0.2) is 42.0 Å². The first-order valence-corrected chi connectivity index (χ1v) is 10.3. The molecule has 3 rings (SSSR count). The number of Topliss-reactive ketones (excluding diaryl/α,β-unsaturated/α-hetero) is 1. The number of ketones is 1. The minimum Gasteiger partial charge on any atom is -0.411 e. The highest BCUT2D eigenvalue weighted by molar-refractivity contribution is 8.01. The van der Waals surface area contributed by atoms with E-state index in [1.807, 2.05) is 17.5 Å². The van der Waals surface area contributed by atoms with E-state index in [9.17, 15) is 4.79 Å². The van der Waals surface area contributed by atoms with Crippen molar-refractivity contribution in [3.05, 3.63) is 40.4 Å². The number of aromatic nitrogens is 1. The van der Waals surface area contributed by atoms with E-state index >= 15 is 0 Å². The monoisotopic (exact) mass is 406 g/mol. The van der Waals surface area contributed by atoms with Crippen LogP contribution in [0.2, 0.25) is 0 Å². The van der Waals surface area contributed by atoms with Gasteiger partial charge in [-0.1, -0.05) is 23.0 Å². The van der Waals surface area contributed by atoms with Crippen molar-refractivity contribution in [1.82, 2.24) is 4.98 Å². The summed E-state index contributed by atoms with van der Waals surface area (Å²) in [6.07, 6.45) is 1.58. The standard InChI is InChI=1S/C19H22N2O4S2/c1-12(21-23)15-5-4-14(10-16(15)13(2)22)27-18-20-17(11-26-18)19(24-3)6-8-25-9-7-19/h4-5,10-11,23H,6-9H2,1-3H3/b21-12+. The van der Waals surface area contributed by atoms with Gasteiger partial charge in [0.2, 0.25) is 0 Å². The van der Waals surface area contributed by atoms with Gasteiger partial charge in [0.05, 0.1) is 11.4 Å². The first-order chi connectivity index (χ1) is 13.0. The van der Waals surface area contributed by atoms with Gasteiger partial charge in [-0.3, -0.25) is 4.79 Å². The van der Waals surface area contributed by atoms with Crippen LogP contribution in [0.15, 0.2) is 38.0 Å². The van der Waals surface area contributed by atoms with Gasteiger partial charge in [-0.05, 0) is 26.0 Å². The number of nitrogens with zero attached hydrogens (tertiary/aromatic N) is 2. The Balaban J connectivity index is 1.85. The number of thiazole rings is 1. The lowest BCUT2D eigenvalue weighted by atomic mass is 9.91. The van der Waals surface area contributed by atoms with Gasteiger partial charge in [-0.15, -0.1) is 11.3 Å². The average Bonchev–Trinajstić information content (AvgIpc) is 3.17. The van der Waals surface area contributed by atoms with Crippen molar-refractivity contribution in [1.29, 1.82) is 0 Å². The Morgan fingerprint density at radius 1 is 1.33 bits per heavy atom. The fourth-order valence-corrected chi connectivity index (χ4v) is 5.04. The number of carbonyl (C=O) groups excluding carboxylic acids is 1. The molecule has 1 aromatic carbocycles. The maximum absolute atomic E-state index is 12.0. The summed E-state index contributed by atoms with van der Waals surface area (Å²) in [5, 5.41) is 14.3. The molecule has 2 heterocycles. The lowest BCUT2D eigenvalue weighted by Gasteiger charge is -2.34. The molecule has 0 radical (unpaired) electrons. The zero-order valence-corrected chi connectivity index (χ0v) is 17.2. The van der Waals surface area contributed by atoms with Gasteiger partial charge >= 0.3 is 0 Å². The van der Waals surface area contributed by atoms with Crippen LogP contribution in [0.1, 0.15) is 48.3 Å². The maximum Gasteiger partial charge on any atom is 0.160 e. The third-order valence-electron chi connectivity index (χ3n) is 4.76. The molecular weight excluding hydrogens is 384 g/mol. The van der Waals surface area contributed by atoms with Crippen LogP contribution in [0, 0.1) is 0 Å². The molecule has 8 heteroatoms. The fraction of sp³-hybridized carbons (Fsp3) is 0.421. The summed E-state index contributed by atoms with van der Waals surface area (Å²) < 4.78 is 12.2. The first-order valence-electron chi connectivity index (χ1n) is 8.60. The molecule has 1 aliphatic heterocycles. The number of methoxy groups -OCH3 is 1. The summed E-state index contributed by atoms with van der Waals surface area (Å²) in [6.45, 7) is 4.51. The van der Waals surface area contributed by atoms with Gasteiger partial charge in [0.25, 0.3) is 0 Å². The van der Waals surface area contributed by atoms with E-state index in [2.05, 4.69) is 5.16 Å². The summed E-state index contributed by atoms with van der Waals surface area (Å²) in [5.74, 6) is -0.0733. The van der Waals surface area contributed by atoms with E-state index < -0.39 is 0 Å². The lowest BCUT2D eigenvalue weighted by Crippen LogP contribution is -2.35. The third-order valence-corrected chi connectivity index (χ3v) is 6.68. The van der Waals surface area contributed by atoms with Crippen LogP contribution in [0.3, 0.4) is 0 Å². The van der Waals surface area contributed by atoms with Crippen molar-refractivity contribution >= 4 is 34.6 Å². The quantitative estimate of drug-likeness (QED) is 0.332. The summed E-state index contributed by atoms with van der Waals surface area (Å²) in [6, 6.07) is 5.53. The number of benzene rings is 1. The van der Waals surface area contributed by atoms with Crippen LogP contribution in [0.25, 0.3) is 0 Å². The molecule has 0 atom stereocenters. The number of rotatable bonds is 6. The second-order valence-corrected chi connectivity index (χ2v) is 8.54. The van der Waals surface area contributed by atoms with E-state index in [4.69, 9.17) is 19.7 Å². The Bertz CT molecular complexity index is 857. The maximum atomic E-state index is 12.0. The van der Waals surface area contributed by atoms with Crippen molar-refractivity contribution in [3.8, 4) is 0 Å². The third kappa shape index (κ3) is 4.24. The predicted molar refractivity (Wildman–Crippen MR) is 105 cm³/mol. The Labute approximate surface area is 166 Å². The summed E-state index contributed by atoms with van der Waals surface area (Å²) in [7, 11) is 1.72. The molecule has 1 fully saturated rings. The Kier molecular flexibility index (Phi) is 6.31. The molecule has 1 aliphatic rings. The van der Waals surface area contributed by atoms with Crippen LogP contribution >= 0.6 is 23.1 Å². The molecule has 6 nitrogen and oxygen atoms in total. The lowest BCUT2D eigenvalue weighted by molar-refractivity contribution is -0.0971. The summed E-state index contributed by atoms with van der Waals surface area (Å²) in [5.41, 5.74) is 2.14. The number of ether oxygens (including phenoxy) is 2. The average molecular weight is 407 g/mol. The predicted octanol–water partition coefficient (Wildman–Crippen LogP) is 4.35. The highest BCUT2D eigenvalue weighted by Gasteiger charge is 2.36. The molecule has 144 valence electrons. The van der Waals surface area contributed by atoms with Crippen molar-refractivity contribution in [2.24, 2.45) is 5.16 Å². The van der Waals surface area contributed by atoms with E-state index in [1.165, 1.54) is 18.7 Å². The Morgan fingerprint density at radius 3 is 2.70 bits per heavy atom. The molecule has 0 spiro atoms. The first kappa shape index (κ1) is 20.0. The van der Waals surface area contributed by atoms with Crippen molar-refractivity contribution in [2.45, 2.75) is 41.5 Å². The molecule has 0 bridgehead atoms. The zero-order chi connectivity index (χ0) is 19.4. The van der Waals surface area contributed by atoms with Crippen molar-refractivity contribution < 1.29 is 19.5 Å². The molecule has 0 aliphatic carbocycles. The van der Waals surface area contributed by atoms with Gasteiger partial charge in [-0.25, -0.2) is 4.98 Å². The van der Waals surface area contributed by atoms with E-state index in [-0.39, 0.29) is 11.4 Å². The van der Waals surface area contributed by atoms with Gasteiger partial charge < -0.3 is 14.7 Å². The molecule has 1 saturated heterocycles. The number of carbonyl (C=O) groups is 1. The molecule has 27 heavy (non-hydrogen) atoms. The van der Waals surface area contributed by atoms with Crippen LogP contribution in [0.5, 0.6) is 0 Å². The molecular formula is C19H22N2O4S2. The zero-order valence-electron chi connectivity index (χ0n) is 15.5. The summed E-state index contributed by atoms with van der Waals surface area (Å²) in [4.78, 5) is 17.7. The van der Waals surface area contributed by atoms with E-state index in [1.54, 1.807) is 31.4 Å². The minimum absolute atomic E-state index is 0.0733. The van der Waals surface area contributed by atoms with Gasteiger partial charge in [0, 0.05) is 54.6 Å². The van der Waals surface area contributed by atoms with Gasteiger partial charge in [0.15, 0.2) is 10.1 Å². The van der Waals surface area contributed by atoms with Crippen LogP contribution < -0.4 is 0 Å². The Morgan fingerprint density at radius 2 is 2.07 bits per heavy atom. The second kappa shape index (κ2) is 8.52. The topological polar surface area (TPSA) is 81.0 Å². The van der Waals surface area contributed by atoms with Crippen molar-refractivity contribution in [3.63, 3.8) is 0 Å². The van der Waals surface area contributed by atoms with Crippen LogP contribution in [-0.2, 0) is 15.1 Å². The molecule has 1 aromatic heterocycles. The number of hydrogen-bond donors (Lipinski definition) is 1. The Hall–Kier alpha value is -1.74. The SMILES string of the molecule is COC1(c2csc(Sc3ccc(/C(C)=N/O)c(C(C)=O)c3)n2)CCOCC1. The largest absolute Gasteiger partial charge is 0.411 e.